The molecule has 3 rings (SSSR count). The van der Waals surface area contributed by atoms with Crippen molar-refractivity contribution < 1.29 is 13.9 Å². The number of hydrogen-bond donors (Lipinski definition) is 0. The topological polar surface area (TPSA) is 34.8 Å². The SMILES string of the molecule is COc1ccc(CN(Cc2ccco2)C2CCCC2)c(Br)c1OC. The largest absolute Gasteiger partial charge is 0.493 e. The lowest BCUT2D eigenvalue weighted by Gasteiger charge is -2.28. The first-order chi connectivity index (χ1) is 11.7. The summed E-state index contributed by atoms with van der Waals surface area (Å²) in [6.45, 7) is 1.69. The number of benzene rings is 1. The molecule has 1 aromatic carbocycles. The molecule has 1 heterocycles. The van der Waals surface area contributed by atoms with Crippen molar-refractivity contribution in [1.29, 1.82) is 0 Å². The van der Waals surface area contributed by atoms with Crippen molar-refractivity contribution in [2.24, 2.45) is 0 Å². The fourth-order valence-corrected chi connectivity index (χ4v) is 4.07. The van der Waals surface area contributed by atoms with Crippen LogP contribution < -0.4 is 9.47 Å². The van der Waals surface area contributed by atoms with Crippen LogP contribution in [-0.4, -0.2) is 25.2 Å². The lowest BCUT2D eigenvalue weighted by molar-refractivity contribution is 0.166. The molecule has 0 amide bonds. The van der Waals surface area contributed by atoms with Gasteiger partial charge in [0.05, 0.1) is 31.5 Å². The summed E-state index contributed by atoms with van der Waals surface area (Å²) in [6, 6.07) is 8.68. The van der Waals surface area contributed by atoms with Gasteiger partial charge in [0.1, 0.15) is 5.76 Å². The van der Waals surface area contributed by atoms with Gasteiger partial charge in [0.15, 0.2) is 11.5 Å². The highest BCUT2D eigenvalue weighted by atomic mass is 79.9. The van der Waals surface area contributed by atoms with Crippen LogP contribution in [0.4, 0.5) is 0 Å². The van der Waals surface area contributed by atoms with Crippen molar-refractivity contribution in [2.75, 3.05) is 14.2 Å². The minimum Gasteiger partial charge on any atom is -0.493 e. The van der Waals surface area contributed by atoms with Crippen LogP contribution in [0.2, 0.25) is 0 Å². The first-order valence-electron chi connectivity index (χ1n) is 8.38. The third kappa shape index (κ3) is 3.78. The van der Waals surface area contributed by atoms with Crippen LogP contribution in [0.1, 0.15) is 37.0 Å². The van der Waals surface area contributed by atoms with Gasteiger partial charge < -0.3 is 13.9 Å². The van der Waals surface area contributed by atoms with Crippen LogP contribution in [0.15, 0.2) is 39.4 Å². The van der Waals surface area contributed by atoms with Crippen molar-refractivity contribution in [3.8, 4) is 11.5 Å². The van der Waals surface area contributed by atoms with E-state index in [2.05, 4.69) is 26.9 Å². The maximum absolute atomic E-state index is 5.57. The highest BCUT2D eigenvalue weighted by Gasteiger charge is 2.25. The second kappa shape index (κ2) is 8.08. The van der Waals surface area contributed by atoms with E-state index >= 15 is 0 Å². The third-order valence-electron chi connectivity index (χ3n) is 4.72. The normalized spacial score (nSPS) is 15.2. The van der Waals surface area contributed by atoms with Crippen LogP contribution in [0.3, 0.4) is 0 Å². The van der Waals surface area contributed by atoms with Gasteiger partial charge in [-0.1, -0.05) is 18.9 Å². The van der Waals surface area contributed by atoms with Gasteiger partial charge in [0, 0.05) is 12.6 Å². The van der Waals surface area contributed by atoms with Gasteiger partial charge in [-0.2, -0.15) is 0 Å². The van der Waals surface area contributed by atoms with Gasteiger partial charge >= 0.3 is 0 Å². The van der Waals surface area contributed by atoms with Crippen LogP contribution >= 0.6 is 15.9 Å². The summed E-state index contributed by atoms with van der Waals surface area (Å²) < 4.78 is 17.4. The number of rotatable bonds is 7. The Hall–Kier alpha value is -1.46. The van der Waals surface area contributed by atoms with E-state index in [1.807, 2.05) is 18.2 Å². The first kappa shape index (κ1) is 17.4. The number of methoxy groups -OCH3 is 2. The predicted octanol–water partition coefficient (Wildman–Crippen LogP) is 5.00. The molecule has 0 saturated heterocycles. The maximum Gasteiger partial charge on any atom is 0.175 e. The molecule has 1 aliphatic carbocycles. The van der Waals surface area contributed by atoms with E-state index in [9.17, 15) is 0 Å². The highest BCUT2D eigenvalue weighted by Crippen LogP contribution is 2.39. The molecule has 24 heavy (non-hydrogen) atoms. The maximum atomic E-state index is 5.57. The summed E-state index contributed by atoms with van der Waals surface area (Å²) in [6.07, 6.45) is 6.88. The number of furan rings is 1. The number of hydrogen-bond acceptors (Lipinski definition) is 4. The Labute approximate surface area is 151 Å². The molecule has 0 N–H and O–H groups in total. The molecule has 130 valence electrons. The van der Waals surface area contributed by atoms with Gasteiger partial charge in [0.2, 0.25) is 0 Å². The van der Waals surface area contributed by atoms with Crippen molar-refractivity contribution in [3.05, 3.63) is 46.3 Å². The fraction of sp³-hybridized carbons (Fsp3) is 0.474. The molecule has 0 radical (unpaired) electrons. The van der Waals surface area contributed by atoms with Crippen LogP contribution in [0.25, 0.3) is 0 Å². The Morgan fingerprint density at radius 1 is 1.12 bits per heavy atom. The van der Waals surface area contributed by atoms with Crippen molar-refractivity contribution in [3.63, 3.8) is 0 Å². The lowest BCUT2D eigenvalue weighted by atomic mass is 10.1. The molecule has 0 atom stereocenters. The molecule has 0 spiro atoms. The highest BCUT2D eigenvalue weighted by molar-refractivity contribution is 9.10. The Morgan fingerprint density at radius 2 is 1.92 bits per heavy atom. The number of nitrogens with zero attached hydrogens (tertiary/aromatic N) is 1. The molecule has 1 saturated carbocycles. The quantitative estimate of drug-likeness (QED) is 0.662. The van der Waals surface area contributed by atoms with Gasteiger partial charge in [-0.05, 0) is 52.5 Å². The second-order valence-corrected chi connectivity index (χ2v) is 6.99. The van der Waals surface area contributed by atoms with E-state index in [1.54, 1.807) is 20.5 Å². The van der Waals surface area contributed by atoms with Crippen molar-refractivity contribution in [2.45, 2.75) is 44.8 Å². The molecular formula is C19H24BrNO3. The summed E-state index contributed by atoms with van der Waals surface area (Å²) in [5, 5.41) is 0. The zero-order chi connectivity index (χ0) is 16.9. The number of halogens is 1. The zero-order valence-corrected chi connectivity index (χ0v) is 15.8. The molecular weight excluding hydrogens is 370 g/mol. The molecule has 1 aliphatic rings. The summed E-state index contributed by atoms with van der Waals surface area (Å²) in [7, 11) is 3.33. The molecule has 2 aromatic rings. The first-order valence-corrected chi connectivity index (χ1v) is 9.18. The monoisotopic (exact) mass is 393 g/mol. The molecule has 4 nitrogen and oxygen atoms in total. The van der Waals surface area contributed by atoms with Gasteiger partial charge in [-0.25, -0.2) is 0 Å². The molecule has 5 heteroatoms. The summed E-state index contributed by atoms with van der Waals surface area (Å²) in [4.78, 5) is 2.51. The summed E-state index contributed by atoms with van der Waals surface area (Å²) >= 11 is 3.69. The summed E-state index contributed by atoms with van der Waals surface area (Å²) in [5.74, 6) is 2.50. The molecule has 1 aromatic heterocycles. The Bertz CT molecular complexity index is 651. The zero-order valence-electron chi connectivity index (χ0n) is 14.3. The standard InChI is InChI=1S/C19H24BrNO3/c1-22-17-10-9-14(18(20)19(17)23-2)12-21(15-6-3-4-7-15)13-16-8-5-11-24-16/h5,8-11,15H,3-4,6-7,12-13H2,1-2H3. The van der Waals surface area contributed by atoms with Crippen molar-refractivity contribution >= 4 is 15.9 Å². The van der Waals surface area contributed by atoms with E-state index in [-0.39, 0.29) is 0 Å². The summed E-state index contributed by atoms with van der Waals surface area (Å²) in [5.41, 5.74) is 1.20. The van der Waals surface area contributed by atoms with Gasteiger partial charge in [0.25, 0.3) is 0 Å². The van der Waals surface area contributed by atoms with Crippen LogP contribution in [-0.2, 0) is 13.1 Å². The third-order valence-corrected chi connectivity index (χ3v) is 5.59. The Morgan fingerprint density at radius 3 is 2.54 bits per heavy atom. The Kier molecular flexibility index (Phi) is 5.85. The number of ether oxygens (including phenoxy) is 2. The van der Waals surface area contributed by atoms with Crippen LogP contribution in [0, 0.1) is 0 Å². The lowest BCUT2D eigenvalue weighted by Crippen LogP contribution is -2.32. The smallest absolute Gasteiger partial charge is 0.175 e. The minimum absolute atomic E-state index is 0.607. The average Bonchev–Trinajstić information content (AvgIpc) is 3.29. The average molecular weight is 394 g/mol. The fourth-order valence-electron chi connectivity index (χ4n) is 3.46. The second-order valence-electron chi connectivity index (χ2n) is 6.20. The van der Waals surface area contributed by atoms with E-state index in [4.69, 9.17) is 13.9 Å². The van der Waals surface area contributed by atoms with E-state index in [0.717, 1.165) is 34.8 Å². The van der Waals surface area contributed by atoms with Gasteiger partial charge in [-0.3, -0.25) is 4.90 Å². The van der Waals surface area contributed by atoms with Gasteiger partial charge in [-0.15, -0.1) is 0 Å². The van der Waals surface area contributed by atoms with Crippen LogP contribution in [0.5, 0.6) is 11.5 Å². The minimum atomic E-state index is 0.607. The Balaban J connectivity index is 1.84. The van der Waals surface area contributed by atoms with Crippen molar-refractivity contribution in [1.82, 2.24) is 4.90 Å². The molecule has 0 aliphatic heterocycles. The van der Waals surface area contributed by atoms with E-state index < -0.39 is 0 Å². The predicted molar refractivity (Wildman–Crippen MR) is 97.5 cm³/mol. The van der Waals surface area contributed by atoms with E-state index in [1.165, 1.54) is 31.2 Å². The molecule has 0 bridgehead atoms. The van der Waals surface area contributed by atoms with E-state index in [0.29, 0.717) is 6.04 Å². The molecule has 1 fully saturated rings. The molecule has 0 unspecified atom stereocenters.